The lowest BCUT2D eigenvalue weighted by atomic mass is 10.0. The predicted octanol–water partition coefficient (Wildman–Crippen LogP) is -1.46. The molecular formula is C25H35N3O18P2. The summed E-state index contributed by atoms with van der Waals surface area (Å²) in [5.41, 5.74) is -1.39. The van der Waals surface area contributed by atoms with E-state index >= 15 is 0 Å². The molecule has 4 rings (SSSR count). The van der Waals surface area contributed by atoms with Gasteiger partial charge in [0.2, 0.25) is 5.91 Å². The number of rotatable bonds is 15. The van der Waals surface area contributed by atoms with E-state index in [2.05, 4.69) is 10.2 Å². The molecule has 23 heteroatoms. The molecule has 0 saturated carbocycles. The van der Waals surface area contributed by atoms with E-state index in [0.29, 0.717) is 11.3 Å². The lowest BCUT2D eigenvalue weighted by Gasteiger charge is -2.38. The highest BCUT2D eigenvalue weighted by atomic mass is 31.3. The summed E-state index contributed by atoms with van der Waals surface area (Å²) in [5.74, 6) is -0.334. The van der Waals surface area contributed by atoms with E-state index in [1.807, 2.05) is 4.98 Å². The van der Waals surface area contributed by atoms with Gasteiger partial charge in [0.25, 0.3) is 5.56 Å². The fourth-order valence-electron chi connectivity index (χ4n) is 4.67. The van der Waals surface area contributed by atoms with Crippen molar-refractivity contribution in [3.8, 4) is 5.75 Å². The monoisotopic (exact) mass is 727 g/mol. The molecule has 10 atom stereocenters. The number of hydrogen-bond acceptors (Lipinski definition) is 17. The van der Waals surface area contributed by atoms with Crippen LogP contribution in [0, 0.1) is 0 Å². The summed E-state index contributed by atoms with van der Waals surface area (Å²) in [7, 11) is -9.47. The highest BCUT2D eigenvalue weighted by Crippen LogP contribution is 2.64. The van der Waals surface area contributed by atoms with Crippen LogP contribution < -0.4 is 21.5 Å². The molecule has 0 radical (unpaired) electrons. The van der Waals surface area contributed by atoms with Crippen LogP contribution in [0.2, 0.25) is 0 Å². The zero-order valence-electron chi connectivity index (χ0n) is 25.3. The van der Waals surface area contributed by atoms with Gasteiger partial charge in [-0.05, 0) is 17.7 Å². The van der Waals surface area contributed by atoms with Gasteiger partial charge in [-0.15, -0.1) is 0 Å². The Morgan fingerprint density at radius 3 is 2.40 bits per heavy atom. The minimum atomic E-state index is -5.54. The predicted molar refractivity (Wildman–Crippen MR) is 156 cm³/mol. The Hall–Kier alpha value is -2.85. The number of aliphatic hydroxyl groups excluding tert-OH is 4. The summed E-state index contributed by atoms with van der Waals surface area (Å²) in [6.45, 7) is -1.10. The van der Waals surface area contributed by atoms with E-state index in [0.717, 1.165) is 23.8 Å². The van der Waals surface area contributed by atoms with Gasteiger partial charge in [0, 0.05) is 25.6 Å². The highest BCUT2D eigenvalue weighted by Gasteiger charge is 2.48. The van der Waals surface area contributed by atoms with Crippen LogP contribution in [0.25, 0.3) is 0 Å². The molecule has 2 aliphatic rings. The number of amides is 1. The molecule has 2 aromatic rings. The van der Waals surface area contributed by atoms with Crippen LogP contribution in [-0.4, -0.2) is 104 Å². The summed E-state index contributed by atoms with van der Waals surface area (Å²) in [5, 5.41) is 43.1. The molecule has 2 saturated heterocycles. The van der Waals surface area contributed by atoms with E-state index < -0.39 is 102 Å². The number of phosphoric ester groups is 2. The van der Waals surface area contributed by atoms with Crippen LogP contribution in [0.1, 0.15) is 25.1 Å². The standard InChI is InChI=1S/C25H35N3O18P2/c1-13(30)26-16-9-17(31)18(10-29)43-24(16)45-47(36,37)46-48(38,40-11-14-3-5-15(6-4-14)44-39-2)41-12-19-21(33)22(34)23(42-19)28-8-7-20(32)27-25(28)35/h3-8,16-19,21-24,29,31,33-34H,9-12H2,1-2H3,(H,26,30)(H,36,37)(H,27,32,35)/t16?,17?,18-,19+,21?,22?,23+,24?,48?/m1/s1. The Morgan fingerprint density at radius 1 is 1.06 bits per heavy atom. The number of ether oxygens (including phenoxy) is 2. The largest absolute Gasteiger partial charge is 0.484 e. The van der Waals surface area contributed by atoms with Gasteiger partial charge in [0.15, 0.2) is 18.3 Å². The Balaban J connectivity index is 1.53. The number of phosphoric acid groups is 2. The number of aromatic amines is 1. The number of carbonyl (C=O) groups excluding carboxylic acids is 1. The first-order valence-corrected chi connectivity index (χ1v) is 17.0. The number of carbonyl (C=O) groups is 1. The molecule has 1 aromatic heterocycles. The van der Waals surface area contributed by atoms with Crippen molar-refractivity contribution < 1.29 is 76.4 Å². The number of nitrogens with one attached hydrogen (secondary N) is 2. The Morgan fingerprint density at radius 2 is 1.77 bits per heavy atom. The molecule has 0 bridgehead atoms. The first-order chi connectivity index (χ1) is 22.6. The molecule has 48 heavy (non-hydrogen) atoms. The molecule has 0 spiro atoms. The number of H-pyrrole nitrogens is 1. The second kappa shape index (κ2) is 16.2. The number of aliphatic hydroxyl groups is 4. The Kier molecular flexibility index (Phi) is 12.8. The molecule has 2 aliphatic heterocycles. The first kappa shape index (κ1) is 38.0. The summed E-state index contributed by atoms with van der Waals surface area (Å²) in [4.78, 5) is 57.4. The van der Waals surface area contributed by atoms with Gasteiger partial charge in [-0.3, -0.25) is 32.7 Å². The average Bonchev–Trinajstić information content (AvgIpc) is 3.29. The SMILES string of the molecule is COOc1ccc(COP(=O)(OC[C@@H]2O[C@H](n3ccc(=O)[nH]c3=O)C(O)C2O)OP(=O)(O)OC2O[C@H](CO)C(O)CC2NC(C)=O)cc1. The maximum Gasteiger partial charge on any atom is 0.484 e. The highest BCUT2D eigenvalue weighted by molar-refractivity contribution is 7.61. The van der Waals surface area contributed by atoms with E-state index in [1.54, 1.807) is 0 Å². The van der Waals surface area contributed by atoms with Gasteiger partial charge in [-0.25, -0.2) is 13.9 Å². The topological polar surface area (TPSA) is 293 Å². The van der Waals surface area contributed by atoms with Crippen LogP contribution in [0.3, 0.4) is 0 Å². The zero-order valence-corrected chi connectivity index (χ0v) is 27.1. The van der Waals surface area contributed by atoms with Gasteiger partial charge < -0.3 is 45.0 Å². The molecule has 1 amide bonds. The summed E-state index contributed by atoms with van der Waals surface area (Å²) in [6, 6.07) is 5.55. The van der Waals surface area contributed by atoms with Crippen molar-refractivity contribution in [3.05, 3.63) is 62.9 Å². The van der Waals surface area contributed by atoms with E-state index in [4.69, 9.17) is 32.2 Å². The van der Waals surface area contributed by atoms with Crippen LogP contribution in [0.5, 0.6) is 5.75 Å². The summed E-state index contributed by atoms with van der Waals surface area (Å²) >= 11 is 0. The molecule has 21 nitrogen and oxygen atoms in total. The van der Waals surface area contributed by atoms with E-state index in [1.165, 1.54) is 31.4 Å². The Labute approximate surface area is 271 Å². The number of aromatic nitrogens is 2. The normalized spacial score (nSPS) is 29.9. The fourth-order valence-corrected chi connectivity index (χ4v) is 7.39. The van der Waals surface area contributed by atoms with E-state index in [9.17, 15) is 48.8 Å². The summed E-state index contributed by atoms with van der Waals surface area (Å²) in [6.07, 6.45) is -10.3. The van der Waals surface area contributed by atoms with Crippen LogP contribution in [0.4, 0.5) is 0 Å². The third kappa shape index (κ3) is 9.87. The van der Waals surface area contributed by atoms with Crippen molar-refractivity contribution in [3.63, 3.8) is 0 Å². The van der Waals surface area contributed by atoms with Crippen molar-refractivity contribution in [1.29, 1.82) is 0 Å². The molecule has 7 N–H and O–H groups in total. The van der Waals surface area contributed by atoms with Gasteiger partial charge >= 0.3 is 21.3 Å². The Bertz CT molecular complexity index is 1600. The molecule has 2 fully saturated rings. The number of nitrogens with zero attached hydrogens (tertiary/aromatic N) is 1. The third-order valence-electron chi connectivity index (χ3n) is 6.92. The quantitative estimate of drug-likeness (QED) is 0.0627. The lowest BCUT2D eigenvalue weighted by Crippen LogP contribution is -2.55. The van der Waals surface area contributed by atoms with Crippen LogP contribution >= 0.6 is 15.6 Å². The molecule has 1 aromatic carbocycles. The van der Waals surface area contributed by atoms with Gasteiger partial charge in [-0.2, -0.15) is 9.20 Å². The molecule has 0 aliphatic carbocycles. The van der Waals surface area contributed by atoms with Gasteiger partial charge in [0.05, 0.1) is 39.1 Å². The minimum absolute atomic E-state index is 0.276. The molecule has 3 heterocycles. The summed E-state index contributed by atoms with van der Waals surface area (Å²) < 4.78 is 59.1. The number of hydrogen-bond donors (Lipinski definition) is 7. The van der Waals surface area contributed by atoms with Crippen molar-refractivity contribution in [2.75, 3.05) is 20.3 Å². The van der Waals surface area contributed by atoms with Gasteiger partial charge in [-0.1, -0.05) is 12.1 Å². The maximum absolute atomic E-state index is 13.8. The first-order valence-electron chi connectivity index (χ1n) is 14.1. The van der Waals surface area contributed by atoms with Crippen LogP contribution in [0.15, 0.2) is 46.1 Å². The minimum Gasteiger partial charge on any atom is -0.394 e. The van der Waals surface area contributed by atoms with Crippen LogP contribution in [-0.2, 0) is 52.8 Å². The average molecular weight is 728 g/mol. The second-order valence-electron chi connectivity index (χ2n) is 10.5. The number of benzene rings is 1. The van der Waals surface area contributed by atoms with Crippen molar-refractivity contribution in [2.45, 2.75) is 69.0 Å². The van der Waals surface area contributed by atoms with Gasteiger partial charge in [0.1, 0.15) is 24.4 Å². The third-order valence-corrected chi connectivity index (χ3v) is 9.93. The smallest absolute Gasteiger partial charge is 0.394 e. The maximum atomic E-state index is 13.8. The van der Waals surface area contributed by atoms with Crippen molar-refractivity contribution in [1.82, 2.24) is 14.9 Å². The molecule has 268 valence electrons. The van der Waals surface area contributed by atoms with Crippen molar-refractivity contribution >= 4 is 21.6 Å². The molecular weight excluding hydrogens is 692 g/mol. The van der Waals surface area contributed by atoms with Crippen molar-refractivity contribution in [2.24, 2.45) is 0 Å². The second-order valence-corrected chi connectivity index (χ2v) is 13.7. The fraction of sp³-hybridized carbons (Fsp3) is 0.560. The zero-order chi connectivity index (χ0) is 35.2. The van der Waals surface area contributed by atoms with E-state index in [-0.39, 0.29) is 6.42 Å². The lowest BCUT2D eigenvalue weighted by molar-refractivity contribution is -0.214. The molecule has 7 unspecified atom stereocenters.